The minimum absolute atomic E-state index is 0.600. The zero-order chi connectivity index (χ0) is 14.1. The van der Waals surface area contributed by atoms with Crippen molar-refractivity contribution in [2.45, 2.75) is 25.3 Å². The zero-order valence-corrected chi connectivity index (χ0v) is 12.8. The number of nitrogens with one attached hydrogen (secondary N) is 1. The molecule has 7 heteroatoms. The van der Waals surface area contributed by atoms with Crippen LogP contribution >= 0.6 is 22.9 Å². The third kappa shape index (κ3) is 2.93. The topological polar surface area (TPSA) is 63.6 Å². The van der Waals surface area contributed by atoms with E-state index in [1.807, 2.05) is 30.3 Å². The molecule has 1 aliphatic carbocycles. The molecular formula is C14H13N5S2. The highest BCUT2D eigenvalue weighted by Gasteiger charge is 2.27. The molecule has 2 aromatic heterocycles. The maximum Gasteiger partial charge on any atom is 0.202 e. The van der Waals surface area contributed by atoms with Gasteiger partial charge in [-0.1, -0.05) is 41.7 Å². The van der Waals surface area contributed by atoms with Gasteiger partial charge in [0, 0.05) is 23.0 Å². The third-order valence-electron chi connectivity index (χ3n) is 3.26. The first-order valence-electron chi connectivity index (χ1n) is 6.84. The van der Waals surface area contributed by atoms with Crippen molar-refractivity contribution in [1.29, 1.82) is 0 Å². The molecule has 5 nitrogen and oxygen atoms in total. The molecule has 1 aromatic carbocycles. The van der Waals surface area contributed by atoms with E-state index in [4.69, 9.17) is 0 Å². The number of hydrogen-bond acceptors (Lipinski definition) is 7. The highest BCUT2D eigenvalue weighted by molar-refractivity contribution is 7.14. The van der Waals surface area contributed by atoms with E-state index in [1.165, 1.54) is 24.4 Å². The monoisotopic (exact) mass is 315 g/mol. The van der Waals surface area contributed by atoms with Crippen LogP contribution in [0.4, 0.5) is 5.13 Å². The molecule has 21 heavy (non-hydrogen) atoms. The number of hydrogen-bond donors (Lipinski definition) is 1. The summed E-state index contributed by atoms with van der Waals surface area (Å²) in [5, 5.41) is 14.5. The Labute approximate surface area is 130 Å². The van der Waals surface area contributed by atoms with Crippen molar-refractivity contribution >= 4 is 28.0 Å². The molecule has 1 saturated carbocycles. The van der Waals surface area contributed by atoms with Crippen molar-refractivity contribution < 1.29 is 0 Å². The van der Waals surface area contributed by atoms with Crippen LogP contribution in [0, 0.1) is 0 Å². The normalized spacial score (nSPS) is 14.3. The van der Waals surface area contributed by atoms with Gasteiger partial charge in [-0.2, -0.15) is 4.37 Å². The van der Waals surface area contributed by atoms with Gasteiger partial charge in [0.05, 0.1) is 6.54 Å². The number of nitrogens with zero attached hydrogens (tertiary/aromatic N) is 4. The first-order valence-corrected chi connectivity index (χ1v) is 8.43. The molecule has 0 atom stereocenters. The molecule has 0 bridgehead atoms. The molecule has 1 N–H and O–H groups in total. The fourth-order valence-electron chi connectivity index (χ4n) is 1.99. The van der Waals surface area contributed by atoms with E-state index in [-0.39, 0.29) is 0 Å². The van der Waals surface area contributed by atoms with Crippen LogP contribution in [0.15, 0.2) is 30.3 Å². The van der Waals surface area contributed by atoms with Crippen LogP contribution in [0.1, 0.15) is 29.6 Å². The van der Waals surface area contributed by atoms with Gasteiger partial charge in [0.25, 0.3) is 0 Å². The van der Waals surface area contributed by atoms with Gasteiger partial charge >= 0.3 is 0 Å². The summed E-state index contributed by atoms with van der Waals surface area (Å²) in [7, 11) is 0. The molecule has 0 unspecified atom stereocenters. The summed E-state index contributed by atoms with van der Waals surface area (Å²) in [6.07, 6.45) is 2.46. The van der Waals surface area contributed by atoms with Crippen molar-refractivity contribution in [3.05, 3.63) is 41.2 Å². The van der Waals surface area contributed by atoms with Crippen molar-refractivity contribution in [3.8, 4) is 10.6 Å². The lowest BCUT2D eigenvalue weighted by atomic mass is 10.2. The summed E-state index contributed by atoms with van der Waals surface area (Å²) in [6, 6.07) is 10.1. The van der Waals surface area contributed by atoms with E-state index in [0.29, 0.717) is 12.5 Å². The van der Waals surface area contributed by atoms with Crippen LogP contribution in [-0.2, 0) is 6.54 Å². The van der Waals surface area contributed by atoms with Gasteiger partial charge < -0.3 is 5.32 Å². The molecule has 2 heterocycles. The molecule has 106 valence electrons. The summed E-state index contributed by atoms with van der Waals surface area (Å²) in [6.45, 7) is 0.643. The Morgan fingerprint density at radius 3 is 2.81 bits per heavy atom. The third-order valence-corrected chi connectivity index (χ3v) is 4.92. The van der Waals surface area contributed by atoms with Gasteiger partial charge in [0.2, 0.25) is 5.13 Å². The largest absolute Gasteiger partial charge is 0.354 e. The lowest BCUT2D eigenvalue weighted by Gasteiger charge is -1.96. The molecule has 3 aromatic rings. The van der Waals surface area contributed by atoms with Gasteiger partial charge in [-0.3, -0.25) is 0 Å². The predicted molar refractivity (Wildman–Crippen MR) is 84.6 cm³/mol. The fourth-order valence-corrected chi connectivity index (χ4v) is 3.41. The molecule has 0 spiro atoms. The van der Waals surface area contributed by atoms with E-state index in [2.05, 4.69) is 24.9 Å². The molecule has 0 radical (unpaired) electrons. The summed E-state index contributed by atoms with van der Waals surface area (Å²) < 4.78 is 4.38. The quantitative estimate of drug-likeness (QED) is 0.780. The molecule has 0 aliphatic heterocycles. The van der Waals surface area contributed by atoms with Crippen LogP contribution in [0.2, 0.25) is 0 Å². The van der Waals surface area contributed by atoms with Gasteiger partial charge in [-0.25, -0.2) is 4.98 Å². The molecular weight excluding hydrogens is 302 g/mol. The van der Waals surface area contributed by atoms with Gasteiger partial charge in [-0.05, 0) is 12.8 Å². The minimum atomic E-state index is 0.600. The average Bonchev–Trinajstić information content (AvgIpc) is 3.09. The highest BCUT2D eigenvalue weighted by Crippen LogP contribution is 2.39. The molecule has 0 saturated heterocycles. The van der Waals surface area contributed by atoms with Gasteiger partial charge in [0.1, 0.15) is 15.8 Å². The van der Waals surface area contributed by atoms with Crippen LogP contribution in [-0.4, -0.2) is 19.6 Å². The van der Waals surface area contributed by atoms with E-state index in [1.54, 1.807) is 11.3 Å². The maximum absolute atomic E-state index is 4.51. The molecule has 4 rings (SSSR count). The second-order valence-corrected chi connectivity index (χ2v) is 6.77. The minimum Gasteiger partial charge on any atom is -0.354 e. The summed E-state index contributed by atoms with van der Waals surface area (Å²) in [4.78, 5) is 4.51. The first kappa shape index (κ1) is 12.8. The Bertz CT molecular complexity index is 733. The zero-order valence-electron chi connectivity index (χ0n) is 11.2. The first-order chi connectivity index (χ1) is 10.4. The van der Waals surface area contributed by atoms with Crippen LogP contribution in [0.5, 0.6) is 0 Å². The fraction of sp³-hybridized carbons (Fsp3) is 0.286. The van der Waals surface area contributed by atoms with Crippen molar-refractivity contribution in [2.75, 3.05) is 5.32 Å². The van der Waals surface area contributed by atoms with Crippen molar-refractivity contribution in [3.63, 3.8) is 0 Å². The second-order valence-electron chi connectivity index (χ2n) is 4.95. The smallest absolute Gasteiger partial charge is 0.202 e. The SMILES string of the molecule is c1ccc(-c2nnc(CNc3nc(C4CC4)ns3)s2)cc1. The average molecular weight is 315 g/mol. The number of benzene rings is 1. The van der Waals surface area contributed by atoms with E-state index < -0.39 is 0 Å². The Hall–Kier alpha value is -1.86. The van der Waals surface area contributed by atoms with Crippen molar-refractivity contribution in [1.82, 2.24) is 19.6 Å². The Morgan fingerprint density at radius 1 is 1.14 bits per heavy atom. The summed E-state index contributed by atoms with van der Waals surface area (Å²) >= 11 is 3.03. The lowest BCUT2D eigenvalue weighted by molar-refractivity contribution is 0.966. The molecule has 0 amide bonds. The van der Waals surface area contributed by atoms with E-state index in [0.717, 1.165) is 26.5 Å². The van der Waals surface area contributed by atoms with Gasteiger partial charge in [-0.15, -0.1) is 10.2 Å². The molecule has 1 aliphatic rings. The Morgan fingerprint density at radius 2 is 2.00 bits per heavy atom. The van der Waals surface area contributed by atoms with E-state index in [9.17, 15) is 0 Å². The summed E-state index contributed by atoms with van der Waals surface area (Å²) in [5.41, 5.74) is 1.10. The highest BCUT2D eigenvalue weighted by atomic mass is 32.1. The standard InChI is InChI=1S/C14H13N5S2/c1-2-4-10(5-3-1)13-18-17-11(20-13)8-15-14-16-12(19-21-14)9-6-7-9/h1-5,9H,6-8H2,(H,15,16,19). The van der Waals surface area contributed by atoms with Crippen LogP contribution < -0.4 is 5.32 Å². The van der Waals surface area contributed by atoms with E-state index >= 15 is 0 Å². The molecule has 1 fully saturated rings. The van der Waals surface area contributed by atoms with Gasteiger partial charge in [0.15, 0.2) is 0 Å². The van der Waals surface area contributed by atoms with Crippen LogP contribution in [0.3, 0.4) is 0 Å². The number of rotatable bonds is 5. The second kappa shape index (κ2) is 5.50. The van der Waals surface area contributed by atoms with Crippen molar-refractivity contribution in [2.24, 2.45) is 0 Å². The predicted octanol–water partition coefficient (Wildman–Crippen LogP) is 3.55. The number of anilines is 1. The summed E-state index contributed by atoms with van der Waals surface area (Å²) in [5.74, 6) is 1.59. The van der Waals surface area contributed by atoms with Crippen LogP contribution in [0.25, 0.3) is 10.6 Å². The Balaban J connectivity index is 1.41. The number of aromatic nitrogens is 4. The maximum atomic E-state index is 4.51. The lowest BCUT2D eigenvalue weighted by Crippen LogP contribution is -1.98. The Kier molecular flexibility index (Phi) is 3.36.